The summed E-state index contributed by atoms with van der Waals surface area (Å²) in [5, 5.41) is 0.490. The first-order chi connectivity index (χ1) is 11.1. The number of nitrogens with zero attached hydrogens (tertiary/aromatic N) is 3. The predicted octanol–water partition coefficient (Wildman–Crippen LogP) is 2.91. The van der Waals surface area contributed by atoms with Gasteiger partial charge in [-0.3, -0.25) is 4.79 Å². The average molecular weight is 330 g/mol. The van der Waals surface area contributed by atoms with Crippen molar-refractivity contribution in [2.45, 2.75) is 26.3 Å². The molecule has 1 aliphatic rings. The van der Waals surface area contributed by atoms with Crippen molar-refractivity contribution in [1.29, 1.82) is 0 Å². The third kappa shape index (κ3) is 3.32. The molecular formula is C17H22N4OS. The van der Waals surface area contributed by atoms with E-state index in [0.717, 1.165) is 18.7 Å². The van der Waals surface area contributed by atoms with E-state index >= 15 is 0 Å². The summed E-state index contributed by atoms with van der Waals surface area (Å²) in [4.78, 5) is 16.6. The maximum absolute atomic E-state index is 12.5. The molecule has 0 atom stereocenters. The molecule has 5 nitrogen and oxygen atoms in total. The van der Waals surface area contributed by atoms with E-state index in [1.807, 2.05) is 6.92 Å². The molecule has 3 rings (SSSR count). The molecule has 1 aliphatic heterocycles. The maximum atomic E-state index is 12.5. The Morgan fingerprint density at radius 2 is 1.96 bits per heavy atom. The Morgan fingerprint density at radius 1 is 1.30 bits per heavy atom. The van der Waals surface area contributed by atoms with Gasteiger partial charge in [0, 0.05) is 32.4 Å². The van der Waals surface area contributed by atoms with Gasteiger partial charge in [-0.2, -0.15) is 4.37 Å². The zero-order valence-corrected chi connectivity index (χ0v) is 14.4. The van der Waals surface area contributed by atoms with Crippen LogP contribution in [0.3, 0.4) is 0 Å². The molecule has 6 heteroatoms. The Labute approximate surface area is 140 Å². The van der Waals surface area contributed by atoms with Crippen molar-refractivity contribution in [3.63, 3.8) is 0 Å². The van der Waals surface area contributed by atoms with Crippen LogP contribution in [-0.2, 0) is 6.54 Å². The van der Waals surface area contributed by atoms with Crippen LogP contribution in [0.4, 0.5) is 10.7 Å². The lowest BCUT2D eigenvalue weighted by Crippen LogP contribution is -2.27. The van der Waals surface area contributed by atoms with E-state index in [0.29, 0.717) is 22.8 Å². The Balaban J connectivity index is 1.67. The Bertz CT molecular complexity index is 670. The zero-order valence-electron chi connectivity index (χ0n) is 13.6. The Kier molecular flexibility index (Phi) is 4.52. The molecular weight excluding hydrogens is 308 g/mol. The van der Waals surface area contributed by atoms with Gasteiger partial charge in [0.05, 0.1) is 11.3 Å². The van der Waals surface area contributed by atoms with Crippen molar-refractivity contribution in [1.82, 2.24) is 9.27 Å². The molecule has 0 aliphatic carbocycles. The number of anilines is 2. The number of hydrogen-bond donors (Lipinski definition) is 1. The number of nitrogen functional groups attached to an aromatic ring is 1. The van der Waals surface area contributed by atoms with E-state index in [-0.39, 0.29) is 5.91 Å². The van der Waals surface area contributed by atoms with Gasteiger partial charge in [-0.1, -0.05) is 12.1 Å². The summed E-state index contributed by atoms with van der Waals surface area (Å²) in [7, 11) is 1.80. The number of carbonyl (C=O) groups is 1. The summed E-state index contributed by atoms with van der Waals surface area (Å²) < 4.78 is 4.15. The van der Waals surface area contributed by atoms with Crippen LogP contribution in [0.1, 0.15) is 34.5 Å². The Hall–Kier alpha value is -2.08. The quantitative estimate of drug-likeness (QED) is 0.936. The SMILES string of the molecule is Cc1nsc(N)c1C(=O)N(C)Cc1ccc(N2CCCC2)cc1. The minimum Gasteiger partial charge on any atom is -0.389 e. The van der Waals surface area contributed by atoms with Gasteiger partial charge < -0.3 is 15.5 Å². The number of carbonyl (C=O) groups excluding carboxylic acids is 1. The van der Waals surface area contributed by atoms with Crippen LogP contribution in [0.2, 0.25) is 0 Å². The van der Waals surface area contributed by atoms with E-state index in [1.54, 1.807) is 11.9 Å². The molecule has 0 saturated carbocycles. The van der Waals surface area contributed by atoms with E-state index in [4.69, 9.17) is 5.73 Å². The predicted molar refractivity (Wildman–Crippen MR) is 94.9 cm³/mol. The van der Waals surface area contributed by atoms with Gasteiger partial charge in [-0.15, -0.1) is 0 Å². The highest BCUT2D eigenvalue weighted by Crippen LogP contribution is 2.24. The molecule has 122 valence electrons. The van der Waals surface area contributed by atoms with Gasteiger partial charge in [-0.05, 0) is 49.0 Å². The molecule has 2 N–H and O–H groups in total. The fourth-order valence-corrected chi connectivity index (χ4v) is 3.62. The molecule has 2 aromatic rings. The molecule has 2 heterocycles. The van der Waals surface area contributed by atoms with Gasteiger partial charge in [-0.25, -0.2) is 0 Å². The second-order valence-corrected chi connectivity index (χ2v) is 6.83. The molecule has 1 aromatic heterocycles. The first-order valence-corrected chi connectivity index (χ1v) is 8.64. The Morgan fingerprint density at radius 3 is 2.52 bits per heavy atom. The highest BCUT2D eigenvalue weighted by Gasteiger charge is 2.20. The van der Waals surface area contributed by atoms with Crippen LogP contribution < -0.4 is 10.6 Å². The van der Waals surface area contributed by atoms with Crippen LogP contribution in [0, 0.1) is 6.92 Å². The van der Waals surface area contributed by atoms with Gasteiger partial charge in [0.15, 0.2) is 0 Å². The molecule has 23 heavy (non-hydrogen) atoms. The smallest absolute Gasteiger partial charge is 0.258 e. The summed E-state index contributed by atoms with van der Waals surface area (Å²) in [5.41, 5.74) is 9.48. The highest BCUT2D eigenvalue weighted by molar-refractivity contribution is 7.10. The topological polar surface area (TPSA) is 62.5 Å². The lowest BCUT2D eigenvalue weighted by molar-refractivity contribution is 0.0785. The second-order valence-electron chi connectivity index (χ2n) is 6.03. The summed E-state index contributed by atoms with van der Waals surface area (Å²) in [6.45, 7) is 4.66. The summed E-state index contributed by atoms with van der Waals surface area (Å²) in [6.07, 6.45) is 2.54. The molecule has 0 bridgehead atoms. The number of aromatic nitrogens is 1. The fourth-order valence-electron chi connectivity index (χ4n) is 2.97. The van der Waals surface area contributed by atoms with Crippen LogP contribution in [0.15, 0.2) is 24.3 Å². The van der Waals surface area contributed by atoms with Crippen molar-refractivity contribution in [2.75, 3.05) is 30.8 Å². The molecule has 1 aromatic carbocycles. The van der Waals surface area contributed by atoms with Gasteiger partial charge in [0.2, 0.25) is 0 Å². The number of amides is 1. The first-order valence-electron chi connectivity index (χ1n) is 7.87. The standard InChI is InChI=1S/C17H22N4OS/c1-12-15(16(18)23-19-12)17(22)20(2)11-13-5-7-14(8-6-13)21-9-3-4-10-21/h5-8H,3-4,9-11,18H2,1-2H3. The number of nitrogens with two attached hydrogens (primary N) is 1. The minimum absolute atomic E-state index is 0.0719. The maximum Gasteiger partial charge on any atom is 0.258 e. The van der Waals surface area contributed by atoms with Crippen molar-refractivity contribution in [2.24, 2.45) is 0 Å². The van der Waals surface area contributed by atoms with Crippen molar-refractivity contribution < 1.29 is 4.79 Å². The number of aryl methyl sites for hydroxylation is 1. The van der Waals surface area contributed by atoms with Crippen molar-refractivity contribution in [3.8, 4) is 0 Å². The third-order valence-corrected chi connectivity index (χ3v) is 5.04. The van der Waals surface area contributed by atoms with Crippen LogP contribution >= 0.6 is 11.5 Å². The molecule has 1 amide bonds. The van der Waals surface area contributed by atoms with Crippen LogP contribution in [0.5, 0.6) is 0 Å². The van der Waals surface area contributed by atoms with E-state index in [9.17, 15) is 4.79 Å². The average Bonchev–Trinajstić information content (AvgIpc) is 3.18. The monoisotopic (exact) mass is 330 g/mol. The zero-order chi connectivity index (χ0) is 16.4. The largest absolute Gasteiger partial charge is 0.389 e. The number of benzene rings is 1. The normalized spacial score (nSPS) is 14.3. The highest BCUT2D eigenvalue weighted by atomic mass is 32.1. The summed E-state index contributed by atoms with van der Waals surface area (Å²) in [6, 6.07) is 8.48. The third-order valence-electron chi connectivity index (χ3n) is 4.28. The summed E-state index contributed by atoms with van der Waals surface area (Å²) in [5.74, 6) is -0.0719. The lowest BCUT2D eigenvalue weighted by atomic mass is 10.1. The minimum atomic E-state index is -0.0719. The molecule has 1 saturated heterocycles. The van der Waals surface area contributed by atoms with Crippen molar-refractivity contribution in [3.05, 3.63) is 41.1 Å². The molecule has 0 spiro atoms. The lowest BCUT2D eigenvalue weighted by Gasteiger charge is -2.20. The van der Waals surface area contributed by atoms with E-state index in [1.165, 1.54) is 30.1 Å². The van der Waals surface area contributed by atoms with E-state index in [2.05, 4.69) is 33.5 Å². The van der Waals surface area contributed by atoms with Gasteiger partial charge in [0.25, 0.3) is 5.91 Å². The number of hydrogen-bond acceptors (Lipinski definition) is 5. The molecule has 0 unspecified atom stereocenters. The second kappa shape index (κ2) is 6.58. The molecule has 1 fully saturated rings. The van der Waals surface area contributed by atoms with Crippen LogP contribution in [-0.4, -0.2) is 35.3 Å². The fraction of sp³-hybridized carbons (Fsp3) is 0.412. The van der Waals surface area contributed by atoms with Gasteiger partial charge >= 0.3 is 0 Å². The van der Waals surface area contributed by atoms with Gasteiger partial charge in [0.1, 0.15) is 5.00 Å². The van der Waals surface area contributed by atoms with Crippen LogP contribution in [0.25, 0.3) is 0 Å². The molecule has 0 radical (unpaired) electrons. The number of rotatable bonds is 4. The first kappa shape index (κ1) is 15.8. The summed E-state index contributed by atoms with van der Waals surface area (Å²) >= 11 is 1.17. The van der Waals surface area contributed by atoms with Crippen molar-refractivity contribution >= 4 is 28.1 Å². The van der Waals surface area contributed by atoms with E-state index < -0.39 is 0 Å².